The van der Waals surface area contributed by atoms with Crippen molar-refractivity contribution < 1.29 is 14.7 Å². The molecule has 1 rings (SSSR count). The van der Waals surface area contributed by atoms with Crippen molar-refractivity contribution in [1.82, 2.24) is 4.98 Å². The Hall–Kier alpha value is -1.27. The van der Waals surface area contributed by atoms with Gasteiger partial charge in [0.05, 0.1) is 0 Å². The summed E-state index contributed by atoms with van der Waals surface area (Å²) in [6, 6.07) is 0. The van der Waals surface area contributed by atoms with Gasteiger partial charge in [-0.15, -0.1) is 11.3 Å². The van der Waals surface area contributed by atoms with Crippen LogP contribution < -0.4 is 5.32 Å². The zero-order valence-electron chi connectivity index (χ0n) is 8.32. The van der Waals surface area contributed by atoms with Crippen molar-refractivity contribution >= 4 is 28.2 Å². The topological polar surface area (TPSA) is 79.3 Å². The van der Waals surface area contributed by atoms with Gasteiger partial charge in [-0.05, 0) is 6.42 Å². The Labute approximate surface area is 91.1 Å². The van der Waals surface area contributed by atoms with Crippen molar-refractivity contribution in [1.29, 1.82) is 0 Å². The number of nitrogens with one attached hydrogen (secondary N) is 1. The average molecular weight is 228 g/mol. The van der Waals surface area contributed by atoms with Gasteiger partial charge < -0.3 is 10.4 Å². The van der Waals surface area contributed by atoms with E-state index in [9.17, 15) is 9.59 Å². The largest absolute Gasteiger partial charge is 0.396 e. The van der Waals surface area contributed by atoms with Crippen molar-refractivity contribution in [2.45, 2.75) is 19.8 Å². The van der Waals surface area contributed by atoms with Gasteiger partial charge in [0.1, 0.15) is 5.69 Å². The molecule has 0 unspecified atom stereocenters. The first-order valence-electron chi connectivity index (χ1n) is 4.50. The highest BCUT2D eigenvalue weighted by atomic mass is 32.1. The standard InChI is InChI=1S/C9H12N2O3S/c1-6(13)7-5-15-9(10-7)11-8(14)3-2-4-12/h5,12H,2-4H2,1H3,(H,10,11,14). The maximum Gasteiger partial charge on any atom is 0.226 e. The second kappa shape index (κ2) is 5.57. The van der Waals surface area contributed by atoms with E-state index < -0.39 is 0 Å². The molecule has 1 aromatic rings. The van der Waals surface area contributed by atoms with E-state index in [1.54, 1.807) is 5.38 Å². The number of hydrogen-bond acceptors (Lipinski definition) is 5. The number of hydrogen-bond donors (Lipinski definition) is 2. The summed E-state index contributed by atoms with van der Waals surface area (Å²) in [6.07, 6.45) is 0.683. The van der Waals surface area contributed by atoms with E-state index in [1.165, 1.54) is 18.3 Å². The zero-order chi connectivity index (χ0) is 11.3. The number of thiazole rings is 1. The van der Waals surface area contributed by atoms with Crippen molar-refractivity contribution in [3.05, 3.63) is 11.1 Å². The van der Waals surface area contributed by atoms with E-state index in [2.05, 4.69) is 10.3 Å². The van der Waals surface area contributed by atoms with Gasteiger partial charge in [-0.25, -0.2) is 4.98 Å². The predicted molar refractivity (Wildman–Crippen MR) is 57.1 cm³/mol. The smallest absolute Gasteiger partial charge is 0.226 e. The molecule has 15 heavy (non-hydrogen) atoms. The van der Waals surface area contributed by atoms with Gasteiger partial charge in [0.15, 0.2) is 10.9 Å². The van der Waals surface area contributed by atoms with Crippen LogP contribution in [-0.4, -0.2) is 28.4 Å². The van der Waals surface area contributed by atoms with Crippen molar-refractivity contribution in [3.63, 3.8) is 0 Å². The molecule has 0 spiro atoms. The number of nitrogens with zero attached hydrogens (tertiary/aromatic N) is 1. The number of aliphatic hydroxyl groups excluding tert-OH is 1. The first-order chi connectivity index (χ1) is 7.13. The van der Waals surface area contributed by atoms with Crippen LogP contribution in [0.2, 0.25) is 0 Å². The highest BCUT2D eigenvalue weighted by Crippen LogP contribution is 2.15. The number of ketones is 1. The van der Waals surface area contributed by atoms with Crippen LogP contribution in [0.25, 0.3) is 0 Å². The number of carbonyl (C=O) groups is 2. The van der Waals surface area contributed by atoms with E-state index in [1.807, 2.05) is 0 Å². The third-order valence-electron chi connectivity index (χ3n) is 1.67. The van der Waals surface area contributed by atoms with Gasteiger partial charge in [-0.1, -0.05) is 0 Å². The molecule has 0 fully saturated rings. The number of anilines is 1. The molecular weight excluding hydrogens is 216 g/mol. The Morgan fingerprint density at radius 1 is 1.60 bits per heavy atom. The summed E-state index contributed by atoms with van der Waals surface area (Å²) in [6.45, 7) is 1.41. The summed E-state index contributed by atoms with van der Waals surface area (Å²) in [7, 11) is 0. The molecule has 6 heteroatoms. The Bertz CT molecular complexity index is 362. The minimum Gasteiger partial charge on any atom is -0.396 e. The molecule has 1 aromatic heterocycles. The van der Waals surface area contributed by atoms with Crippen LogP contribution in [0, 0.1) is 0 Å². The molecule has 0 saturated heterocycles. The number of aliphatic hydroxyl groups is 1. The molecule has 0 bridgehead atoms. The van der Waals surface area contributed by atoms with Gasteiger partial charge in [0, 0.05) is 25.3 Å². The normalized spacial score (nSPS) is 10.0. The summed E-state index contributed by atoms with van der Waals surface area (Å²) < 4.78 is 0. The van der Waals surface area contributed by atoms with Crippen LogP contribution in [0.5, 0.6) is 0 Å². The van der Waals surface area contributed by atoms with Gasteiger partial charge in [-0.3, -0.25) is 9.59 Å². The Morgan fingerprint density at radius 2 is 2.33 bits per heavy atom. The van der Waals surface area contributed by atoms with Gasteiger partial charge in [-0.2, -0.15) is 0 Å². The molecule has 0 aliphatic carbocycles. The van der Waals surface area contributed by atoms with Crippen LogP contribution in [0.15, 0.2) is 5.38 Å². The SMILES string of the molecule is CC(=O)c1csc(NC(=O)CCCO)n1. The van der Waals surface area contributed by atoms with Crippen LogP contribution in [0.3, 0.4) is 0 Å². The summed E-state index contributed by atoms with van der Waals surface area (Å²) in [5, 5.41) is 13.1. The number of amides is 1. The lowest BCUT2D eigenvalue weighted by atomic mass is 10.3. The summed E-state index contributed by atoms with van der Waals surface area (Å²) in [5.74, 6) is -0.324. The van der Waals surface area contributed by atoms with Crippen LogP contribution in [0.1, 0.15) is 30.3 Å². The molecule has 1 amide bonds. The minimum absolute atomic E-state index is 0.00994. The zero-order valence-corrected chi connectivity index (χ0v) is 9.13. The maximum atomic E-state index is 11.2. The first kappa shape index (κ1) is 11.8. The molecule has 0 aliphatic rings. The second-order valence-corrected chi connectivity index (χ2v) is 3.83. The summed E-state index contributed by atoms with van der Waals surface area (Å²) in [4.78, 5) is 26.1. The number of aromatic nitrogens is 1. The number of rotatable bonds is 5. The monoisotopic (exact) mass is 228 g/mol. The Balaban J connectivity index is 2.50. The van der Waals surface area contributed by atoms with Crippen molar-refractivity contribution in [2.75, 3.05) is 11.9 Å². The molecule has 0 aliphatic heterocycles. The molecule has 0 saturated carbocycles. The molecule has 1 heterocycles. The van der Waals surface area contributed by atoms with Gasteiger partial charge in [0.25, 0.3) is 0 Å². The maximum absolute atomic E-state index is 11.2. The molecular formula is C9H12N2O3S. The lowest BCUT2D eigenvalue weighted by Gasteiger charge is -1.98. The number of Topliss-reactive ketones (excluding diaryl/α,β-unsaturated/α-hetero) is 1. The molecule has 0 atom stereocenters. The Kier molecular flexibility index (Phi) is 4.38. The van der Waals surface area contributed by atoms with Gasteiger partial charge >= 0.3 is 0 Å². The average Bonchev–Trinajstić information content (AvgIpc) is 2.63. The highest BCUT2D eigenvalue weighted by molar-refractivity contribution is 7.14. The van der Waals surface area contributed by atoms with Crippen LogP contribution in [-0.2, 0) is 4.79 Å². The quantitative estimate of drug-likeness (QED) is 0.738. The third-order valence-corrected chi connectivity index (χ3v) is 2.43. The summed E-state index contributed by atoms with van der Waals surface area (Å²) in [5.41, 5.74) is 0.359. The fourth-order valence-corrected chi connectivity index (χ4v) is 1.68. The fourth-order valence-electron chi connectivity index (χ4n) is 0.914. The lowest BCUT2D eigenvalue weighted by Crippen LogP contribution is -2.11. The van der Waals surface area contributed by atoms with Crippen molar-refractivity contribution in [2.24, 2.45) is 0 Å². The lowest BCUT2D eigenvalue weighted by molar-refractivity contribution is -0.116. The summed E-state index contributed by atoms with van der Waals surface area (Å²) >= 11 is 1.21. The van der Waals surface area contributed by atoms with E-state index in [-0.39, 0.29) is 24.7 Å². The van der Waals surface area contributed by atoms with Crippen molar-refractivity contribution in [3.8, 4) is 0 Å². The fraction of sp³-hybridized carbons (Fsp3) is 0.444. The second-order valence-electron chi connectivity index (χ2n) is 2.97. The Morgan fingerprint density at radius 3 is 2.87 bits per heavy atom. The third kappa shape index (κ3) is 3.77. The molecule has 0 radical (unpaired) electrons. The van der Waals surface area contributed by atoms with E-state index in [0.717, 1.165) is 0 Å². The molecule has 5 nitrogen and oxygen atoms in total. The first-order valence-corrected chi connectivity index (χ1v) is 5.38. The van der Waals surface area contributed by atoms with E-state index in [0.29, 0.717) is 17.2 Å². The van der Waals surface area contributed by atoms with Crippen LogP contribution in [0.4, 0.5) is 5.13 Å². The highest BCUT2D eigenvalue weighted by Gasteiger charge is 2.08. The number of carbonyl (C=O) groups excluding carboxylic acids is 2. The molecule has 0 aromatic carbocycles. The molecule has 2 N–H and O–H groups in total. The van der Waals surface area contributed by atoms with E-state index >= 15 is 0 Å². The van der Waals surface area contributed by atoms with Gasteiger partial charge in [0.2, 0.25) is 5.91 Å². The minimum atomic E-state index is -0.200. The molecule has 82 valence electrons. The van der Waals surface area contributed by atoms with E-state index in [4.69, 9.17) is 5.11 Å². The van der Waals surface area contributed by atoms with Crippen LogP contribution >= 0.6 is 11.3 Å². The predicted octanol–water partition coefficient (Wildman–Crippen LogP) is 1.06.